The second kappa shape index (κ2) is 11.8. The Balaban J connectivity index is 0.000000689. The molecule has 0 atom stereocenters. The minimum atomic E-state index is 0. The maximum absolute atomic E-state index is 6.25. The summed E-state index contributed by atoms with van der Waals surface area (Å²) >= 11 is 0. The zero-order chi connectivity index (χ0) is 30.2. The first-order valence-electron chi connectivity index (χ1n) is 13.3. The molecule has 10 nitrogen and oxygen atoms in total. The first kappa shape index (κ1) is 28.8. The van der Waals surface area contributed by atoms with Gasteiger partial charge in [0.15, 0.2) is 0 Å². The number of hydrogen-bond acceptors (Lipinski definition) is 8. The summed E-state index contributed by atoms with van der Waals surface area (Å²) in [6.45, 7) is 9.50. The van der Waals surface area contributed by atoms with Crippen LogP contribution in [0.5, 0.6) is 0 Å². The van der Waals surface area contributed by atoms with Gasteiger partial charge in [0.05, 0.1) is 23.3 Å². The van der Waals surface area contributed by atoms with E-state index in [2.05, 4.69) is 0 Å². The Bertz CT molecular complexity index is 2130. The molecule has 0 saturated heterocycles. The first-order chi connectivity index (χ1) is 21.8. The van der Waals surface area contributed by atoms with E-state index in [1.165, 1.54) is 0 Å². The molecule has 1 radical (unpaired) electrons. The number of benzene rings is 4. The molecule has 3 aromatic heterocycles. The predicted molar refractivity (Wildman–Crippen MR) is 164 cm³/mol. The van der Waals surface area contributed by atoms with Crippen LogP contribution < -0.4 is 9.97 Å². The van der Waals surface area contributed by atoms with Gasteiger partial charge in [0, 0.05) is 61.6 Å². The van der Waals surface area contributed by atoms with Gasteiger partial charge in [-0.15, -0.1) is 0 Å². The van der Waals surface area contributed by atoms with E-state index in [1.807, 2.05) is 97.1 Å². The third kappa shape index (κ3) is 4.65. The Hall–Kier alpha value is -6.27. The normalized spacial score (nSPS) is 10.8. The van der Waals surface area contributed by atoms with Gasteiger partial charge in [-0.3, -0.25) is 0 Å². The van der Waals surface area contributed by atoms with Gasteiger partial charge in [0.2, 0.25) is 0 Å². The van der Waals surface area contributed by atoms with Crippen LogP contribution in [0.15, 0.2) is 97.1 Å². The molecule has 215 valence electrons. The Morgan fingerprint density at radius 3 is 0.822 bits per heavy atom. The van der Waals surface area contributed by atoms with Gasteiger partial charge < -0.3 is 53.6 Å². The van der Waals surface area contributed by atoms with E-state index >= 15 is 0 Å². The molecule has 0 unspecified atom stereocenters. The van der Waals surface area contributed by atoms with Crippen molar-refractivity contribution in [3.63, 3.8) is 0 Å². The van der Waals surface area contributed by atoms with Crippen LogP contribution in [0.3, 0.4) is 0 Å². The summed E-state index contributed by atoms with van der Waals surface area (Å²) in [5.74, 6) is 2.21. The molecule has 5 heterocycles. The molecule has 0 fully saturated rings. The third-order valence-corrected chi connectivity index (χ3v) is 7.33. The zero-order valence-corrected chi connectivity index (χ0v) is 24.1. The standard InChI is InChI=1S/C32H16N8.2CN.Co/c1-2-10-18-17(9-1)25-33-26(18)38-28-21-13-5-6-14-22(21)30(35-28)40-32-24-16-8-7-15-23(24)31(36-32)39-29-20-12-4-3-11-19(20)27(34-29)37-25;2*1-2;/h1-16H;;;/q-2;2*-1;. The van der Waals surface area contributed by atoms with Crippen molar-refractivity contribution in [2.75, 3.05) is 0 Å². The van der Waals surface area contributed by atoms with Crippen LogP contribution in [0.1, 0.15) is 0 Å². The van der Waals surface area contributed by atoms with Crippen LogP contribution in [0.4, 0.5) is 0 Å². The van der Waals surface area contributed by atoms with Crippen LogP contribution in [-0.4, -0.2) is 29.9 Å². The summed E-state index contributed by atoms with van der Waals surface area (Å²) in [6, 6.07) is 31.8. The van der Waals surface area contributed by atoms with Crippen LogP contribution in [0, 0.1) is 23.7 Å². The van der Waals surface area contributed by atoms with Crippen LogP contribution in [-0.2, 0) is 16.8 Å². The third-order valence-electron chi connectivity index (χ3n) is 7.33. The quantitative estimate of drug-likeness (QED) is 0.175. The Morgan fingerprint density at radius 2 is 0.578 bits per heavy atom. The molecule has 8 bridgehead atoms. The van der Waals surface area contributed by atoms with E-state index in [0.717, 1.165) is 43.8 Å². The molecule has 11 heteroatoms. The first-order valence-corrected chi connectivity index (χ1v) is 13.3. The van der Waals surface area contributed by atoms with Gasteiger partial charge in [-0.1, -0.05) is 97.1 Å². The van der Waals surface area contributed by atoms with Crippen molar-refractivity contribution in [2.45, 2.75) is 0 Å². The van der Waals surface area contributed by atoms with Crippen molar-refractivity contribution in [1.29, 1.82) is 10.5 Å². The molecule has 0 amide bonds. The van der Waals surface area contributed by atoms with Crippen molar-refractivity contribution < 1.29 is 16.8 Å². The van der Waals surface area contributed by atoms with E-state index in [-0.39, 0.29) is 16.8 Å². The Labute approximate surface area is 266 Å². The summed E-state index contributed by atoms with van der Waals surface area (Å²) in [6.07, 6.45) is 0. The maximum Gasteiger partial charge on any atom is 0.0927 e. The topological polar surface area (TPSA) is 153 Å². The molecule has 0 saturated carbocycles. The molecule has 7 aromatic rings. The number of rotatable bonds is 0. The fraction of sp³-hybridized carbons (Fsp3) is 0. The predicted octanol–water partition coefficient (Wildman–Crippen LogP) is 6.32. The fourth-order valence-corrected chi connectivity index (χ4v) is 5.46. The van der Waals surface area contributed by atoms with Gasteiger partial charge in [-0.05, 0) is 21.5 Å². The van der Waals surface area contributed by atoms with Crippen molar-refractivity contribution in [2.24, 2.45) is 0 Å². The van der Waals surface area contributed by atoms with Gasteiger partial charge in [0.1, 0.15) is 0 Å². The molecule has 0 N–H and O–H groups in total. The minimum Gasteiger partial charge on any atom is -0.512 e. The summed E-state index contributed by atoms with van der Waals surface area (Å²) < 4.78 is 0. The van der Waals surface area contributed by atoms with Crippen LogP contribution >= 0.6 is 0 Å². The summed E-state index contributed by atoms with van der Waals surface area (Å²) in [4.78, 5) is 39.3. The van der Waals surface area contributed by atoms with Gasteiger partial charge in [-0.25, -0.2) is 9.97 Å². The molecule has 0 aliphatic carbocycles. The smallest absolute Gasteiger partial charge is 0.0927 e. The van der Waals surface area contributed by atoms with E-state index < -0.39 is 0 Å². The van der Waals surface area contributed by atoms with Gasteiger partial charge in [-0.2, -0.15) is 0 Å². The molecule has 4 aromatic carbocycles. The minimum absolute atomic E-state index is 0. The number of nitrogens with zero attached hydrogens (tertiary/aromatic N) is 10. The SMILES string of the molecule is [C-]#N.[C-]#N.[Co].c1ccc2c(c1)-c1nc-2nc2[n-]c(nc3nc(nc4[n-]c(n1)c1ccccc41)-c1ccccc1-3)c1ccccc21. The van der Waals surface area contributed by atoms with Crippen molar-refractivity contribution in [3.05, 3.63) is 110 Å². The number of aromatic nitrogens is 8. The molecule has 45 heavy (non-hydrogen) atoms. The summed E-state index contributed by atoms with van der Waals surface area (Å²) in [5, 5.41) is 16.1. The van der Waals surface area contributed by atoms with Crippen LogP contribution in [0.25, 0.3) is 89.7 Å². The molecule has 9 rings (SSSR count). The summed E-state index contributed by atoms with van der Waals surface area (Å²) in [5.41, 5.74) is 5.78. The second-order valence-corrected chi connectivity index (χ2v) is 9.67. The average molecular weight is 624 g/mol. The van der Waals surface area contributed by atoms with E-state index in [0.29, 0.717) is 45.9 Å². The molecule has 2 aliphatic rings. The average Bonchev–Trinajstić information content (AvgIpc) is 3.82. The van der Waals surface area contributed by atoms with E-state index in [9.17, 15) is 0 Å². The molecule has 2 aliphatic heterocycles. The summed E-state index contributed by atoms with van der Waals surface area (Å²) in [7, 11) is 0. The number of hydrogen-bond donors (Lipinski definition) is 0. The second-order valence-electron chi connectivity index (χ2n) is 9.67. The van der Waals surface area contributed by atoms with Crippen molar-refractivity contribution in [3.8, 4) is 45.6 Å². The molecular formula is C34H16CoN10-4. The Kier molecular flexibility index (Phi) is 7.55. The molecular weight excluding hydrogens is 607 g/mol. The van der Waals surface area contributed by atoms with Gasteiger partial charge in [0.25, 0.3) is 0 Å². The van der Waals surface area contributed by atoms with E-state index in [4.69, 9.17) is 63.5 Å². The Morgan fingerprint density at radius 1 is 0.356 bits per heavy atom. The zero-order valence-electron chi connectivity index (χ0n) is 23.0. The fourth-order valence-electron chi connectivity index (χ4n) is 5.46. The largest absolute Gasteiger partial charge is 0.512 e. The van der Waals surface area contributed by atoms with Gasteiger partial charge >= 0.3 is 0 Å². The monoisotopic (exact) mass is 623 g/mol. The molecule has 0 spiro atoms. The van der Waals surface area contributed by atoms with Crippen molar-refractivity contribution in [1.82, 2.24) is 39.9 Å². The maximum atomic E-state index is 6.25. The van der Waals surface area contributed by atoms with Crippen molar-refractivity contribution >= 4 is 44.1 Å². The number of fused-ring (bicyclic) bond motifs is 20. The van der Waals surface area contributed by atoms with E-state index in [1.54, 1.807) is 0 Å². The van der Waals surface area contributed by atoms with Crippen LogP contribution in [0.2, 0.25) is 0 Å².